The Balaban J connectivity index is 0. The van der Waals surface area contributed by atoms with Crippen LogP contribution in [0.25, 0.3) is 0 Å². The van der Waals surface area contributed by atoms with Crippen LogP contribution in [0.15, 0.2) is 5.34 Å². The molecule has 1 N–H and O–H groups in total. The molecule has 0 fully saturated rings. The van der Waals surface area contributed by atoms with E-state index in [1.807, 2.05) is 0 Å². The average molecular weight is 54.0 g/mol. The Morgan fingerprint density at radius 1 is 1.75 bits per heavy atom. The van der Waals surface area contributed by atoms with Gasteiger partial charge in [0.25, 0.3) is 0 Å². The van der Waals surface area contributed by atoms with Crippen LogP contribution in [0.5, 0.6) is 0 Å². The Morgan fingerprint density at radius 3 is 1.75 bits per heavy atom. The molecule has 0 spiro atoms. The predicted molar refractivity (Wildman–Crippen MR) is 13.3 cm³/mol. The topological polar surface area (TPSA) is 49.7 Å². The summed E-state index contributed by atoms with van der Waals surface area (Å²) in [4.78, 5) is 8.11. The molecule has 0 bridgehead atoms. The van der Waals surface area contributed by atoms with Crippen LogP contribution in [0.1, 0.15) is 0 Å². The van der Waals surface area contributed by atoms with Crippen molar-refractivity contribution in [2.45, 2.75) is 0 Å². The third-order valence-electron chi connectivity index (χ3n) is 0. The minimum absolute atomic E-state index is 0. The first-order chi connectivity index (χ1) is 1.41. The zero-order valence-electron chi connectivity index (χ0n) is 2.30. The van der Waals surface area contributed by atoms with Gasteiger partial charge in [0.05, 0.1) is 0 Å². The van der Waals surface area contributed by atoms with Crippen LogP contribution in [0, 0.1) is 4.91 Å². The standard InChI is InChI=1S/Li.HNO2/c;2-1-3/h;(H,2,3). The monoisotopic (exact) mass is 54.0 g/mol. The number of hydrogen-bond acceptors (Lipinski definition) is 2. The maximum Gasteiger partial charge on any atom is 0.152 e. The van der Waals surface area contributed by atoms with E-state index in [2.05, 4.69) is 0 Å². The molecule has 4 heteroatoms. The van der Waals surface area contributed by atoms with E-state index in [4.69, 9.17) is 10.1 Å². The molecular formula is HLiNO2. The van der Waals surface area contributed by atoms with Gasteiger partial charge in [-0.05, 0) is 0 Å². The van der Waals surface area contributed by atoms with Gasteiger partial charge in [-0.25, -0.2) is 0 Å². The second kappa shape index (κ2) is 12.0. The van der Waals surface area contributed by atoms with Gasteiger partial charge in [-0.15, -0.1) is 4.91 Å². The molecule has 0 rings (SSSR count). The summed E-state index contributed by atoms with van der Waals surface area (Å²) in [5.41, 5.74) is 0. The molecule has 0 saturated heterocycles. The van der Waals surface area contributed by atoms with Crippen molar-refractivity contribution in [2.24, 2.45) is 5.34 Å². The van der Waals surface area contributed by atoms with E-state index in [1.54, 1.807) is 0 Å². The zero-order chi connectivity index (χ0) is 2.71. The third kappa shape index (κ3) is 295000. The van der Waals surface area contributed by atoms with Crippen molar-refractivity contribution in [3.63, 3.8) is 0 Å². The first kappa shape index (κ1) is 9.00. The van der Waals surface area contributed by atoms with Gasteiger partial charge in [-0.2, -0.15) is 0 Å². The van der Waals surface area contributed by atoms with Gasteiger partial charge in [0.2, 0.25) is 0 Å². The van der Waals surface area contributed by atoms with Gasteiger partial charge in [0.1, 0.15) is 0 Å². The van der Waals surface area contributed by atoms with E-state index >= 15 is 0 Å². The predicted octanol–water partition coefficient (Wildman–Crippen LogP) is -0.239. The van der Waals surface area contributed by atoms with E-state index in [-0.39, 0.29) is 18.9 Å². The molecule has 19 valence electrons. The fourth-order valence-corrected chi connectivity index (χ4v) is 0. The van der Waals surface area contributed by atoms with E-state index < -0.39 is 0 Å². The van der Waals surface area contributed by atoms with Crippen molar-refractivity contribution in [1.82, 2.24) is 0 Å². The fourth-order valence-electron chi connectivity index (χ4n) is 0. The number of nitrogens with zero attached hydrogens (tertiary/aromatic N) is 1. The minimum Gasteiger partial charge on any atom is -0.379 e. The van der Waals surface area contributed by atoms with Crippen molar-refractivity contribution in [3.8, 4) is 0 Å². The van der Waals surface area contributed by atoms with E-state index in [9.17, 15) is 0 Å². The molecule has 3 nitrogen and oxygen atoms in total. The summed E-state index contributed by atoms with van der Waals surface area (Å²) in [5.74, 6) is 0. The molecule has 0 atom stereocenters. The molecule has 0 aromatic heterocycles. The normalized spacial score (nSPS) is 3.00. The van der Waals surface area contributed by atoms with Crippen molar-refractivity contribution in [1.29, 1.82) is 0 Å². The molecule has 0 aliphatic carbocycles. The summed E-state index contributed by atoms with van der Waals surface area (Å²) in [6.07, 6.45) is 0. The van der Waals surface area contributed by atoms with Crippen LogP contribution in [0.3, 0.4) is 0 Å². The quantitative estimate of drug-likeness (QED) is 0.236. The van der Waals surface area contributed by atoms with Gasteiger partial charge in [0, 0.05) is 18.9 Å². The van der Waals surface area contributed by atoms with Crippen LogP contribution in [0.2, 0.25) is 0 Å². The Morgan fingerprint density at radius 2 is 1.75 bits per heavy atom. The van der Waals surface area contributed by atoms with Crippen molar-refractivity contribution in [3.05, 3.63) is 4.91 Å². The van der Waals surface area contributed by atoms with E-state index in [1.165, 1.54) is 5.34 Å². The first-order valence-corrected chi connectivity index (χ1v) is 0.383. The summed E-state index contributed by atoms with van der Waals surface area (Å²) in [7, 11) is 0. The maximum atomic E-state index is 8.11. The van der Waals surface area contributed by atoms with Gasteiger partial charge in [-0.1, -0.05) is 0 Å². The summed E-state index contributed by atoms with van der Waals surface area (Å²) < 4.78 is 0. The van der Waals surface area contributed by atoms with Crippen LogP contribution >= 0.6 is 0 Å². The zero-order valence-corrected chi connectivity index (χ0v) is 2.30. The Hall–Kier alpha value is -0.00260. The van der Waals surface area contributed by atoms with Crippen molar-refractivity contribution < 1.29 is 5.21 Å². The van der Waals surface area contributed by atoms with Gasteiger partial charge < -0.3 is 5.21 Å². The average Bonchev–Trinajstić information content (AvgIpc) is 0.918. The molecule has 0 aliphatic heterocycles. The summed E-state index contributed by atoms with van der Waals surface area (Å²) in [5, 5.41) is 7.89. The maximum absolute atomic E-state index is 8.11. The molecule has 0 heterocycles. The molecule has 0 aliphatic rings. The number of hydrogen-bond donors (Lipinski definition) is 1. The largest absolute Gasteiger partial charge is 0.379 e. The fraction of sp³-hybridized carbons (Fsp3) is 0. The molecule has 0 aromatic rings. The van der Waals surface area contributed by atoms with Gasteiger partial charge >= 0.3 is 0 Å². The SMILES string of the molecule is O=NO.[Li]. The van der Waals surface area contributed by atoms with Crippen LogP contribution in [0.4, 0.5) is 0 Å². The Bertz CT molecular complexity index is 13.5. The Kier molecular flexibility index (Phi) is 27.1. The second-order valence-corrected chi connectivity index (χ2v) is 0.0816. The molecule has 1 radical (unpaired) electrons. The van der Waals surface area contributed by atoms with Crippen molar-refractivity contribution in [2.75, 3.05) is 0 Å². The molecule has 0 aromatic carbocycles. The summed E-state index contributed by atoms with van der Waals surface area (Å²) >= 11 is 0. The molecule has 4 heavy (non-hydrogen) atoms. The minimum atomic E-state index is 0. The first-order valence-electron chi connectivity index (χ1n) is 0.383. The van der Waals surface area contributed by atoms with Crippen LogP contribution in [-0.2, 0) is 0 Å². The summed E-state index contributed by atoms with van der Waals surface area (Å²) in [6.45, 7) is 0. The van der Waals surface area contributed by atoms with Gasteiger partial charge in [-0.3, -0.25) is 0 Å². The molecule has 0 saturated carbocycles. The number of rotatable bonds is 0. The second-order valence-electron chi connectivity index (χ2n) is 0.0816. The molecule has 0 amide bonds. The van der Waals surface area contributed by atoms with E-state index in [0.29, 0.717) is 0 Å². The van der Waals surface area contributed by atoms with Gasteiger partial charge in [0.15, 0.2) is 5.34 Å². The summed E-state index contributed by atoms with van der Waals surface area (Å²) in [6, 6.07) is 0. The third-order valence-corrected chi connectivity index (χ3v) is 0. The molecule has 0 unspecified atom stereocenters. The van der Waals surface area contributed by atoms with Crippen LogP contribution in [-0.4, -0.2) is 24.1 Å². The smallest absolute Gasteiger partial charge is 0.152 e. The van der Waals surface area contributed by atoms with Crippen molar-refractivity contribution >= 4 is 18.9 Å². The molecular weight excluding hydrogens is 52.9 g/mol. The Labute approximate surface area is 35.1 Å². The van der Waals surface area contributed by atoms with E-state index in [0.717, 1.165) is 0 Å². The van der Waals surface area contributed by atoms with Crippen LogP contribution < -0.4 is 0 Å².